The van der Waals surface area contributed by atoms with Crippen LogP contribution in [-0.4, -0.2) is 29.4 Å². The molecule has 0 aromatic heterocycles. The molecule has 6 heteroatoms. The first kappa shape index (κ1) is 16.4. The number of hydrogen-bond donors (Lipinski definition) is 3. The predicted octanol–water partition coefficient (Wildman–Crippen LogP) is 3.17. The number of carbonyl (C=O) groups excluding carboxylic acids is 1. The molecule has 1 aromatic rings. The fourth-order valence-electron chi connectivity index (χ4n) is 1.76. The summed E-state index contributed by atoms with van der Waals surface area (Å²) in [4.78, 5) is 23.3. The van der Waals surface area contributed by atoms with Crippen molar-refractivity contribution < 1.29 is 14.7 Å². The Hall–Kier alpha value is -1.69. The van der Waals surface area contributed by atoms with Gasteiger partial charge in [-0.2, -0.15) is 0 Å². The van der Waals surface area contributed by atoms with Crippen molar-refractivity contribution in [3.8, 4) is 0 Å². The van der Waals surface area contributed by atoms with Gasteiger partial charge < -0.3 is 15.7 Å². The van der Waals surface area contributed by atoms with Crippen molar-refractivity contribution in [2.45, 2.75) is 37.1 Å². The van der Waals surface area contributed by atoms with Crippen molar-refractivity contribution in [1.29, 1.82) is 0 Å². The van der Waals surface area contributed by atoms with Crippen molar-refractivity contribution in [2.24, 2.45) is 0 Å². The number of para-hydroxylation sites is 1. The number of nitrogens with one attached hydrogen (secondary N) is 2. The van der Waals surface area contributed by atoms with E-state index in [0.29, 0.717) is 12.8 Å². The summed E-state index contributed by atoms with van der Waals surface area (Å²) < 4.78 is 0. The van der Waals surface area contributed by atoms with Gasteiger partial charge in [0.2, 0.25) is 0 Å². The van der Waals surface area contributed by atoms with Gasteiger partial charge in [-0.15, -0.1) is 11.8 Å². The molecule has 0 radical (unpaired) electrons. The Morgan fingerprint density at radius 3 is 2.70 bits per heavy atom. The molecule has 5 nitrogen and oxygen atoms in total. The second-order valence-corrected chi connectivity index (χ2v) is 5.33. The number of carboxylic acids is 1. The molecule has 3 N–H and O–H groups in total. The molecule has 1 atom stereocenters. The van der Waals surface area contributed by atoms with Crippen LogP contribution in [0.5, 0.6) is 0 Å². The molecule has 0 aliphatic rings. The van der Waals surface area contributed by atoms with E-state index in [4.69, 9.17) is 5.11 Å². The smallest absolute Gasteiger partial charge is 0.319 e. The Morgan fingerprint density at radius 1 is 1.35 bits per heavy atom. The molecule has 0 saturated heterocycles. The van der Waals surface area contributed by atoms with Gasteiger partial charge in [-0.3, -0.25) is 4.79 Å². The third-order valence-electron chi connectivity index (χ3n) is 2.76. The van der Waals surface area contributed by atoms with E-state index in [-0.39, 0.29) is 18.5 Å². The van der Waals surface area contributed by atoms with Gasteiger partial charge in [-0.05, 0) is 38.2 Å². The summed E-state index contributed by atoms with van der Waals surface area (Å²) in [6, 6.07) is 7.25. The van der Waals surface area contributed by atoms with Crippen LogP contribution in [0.4, 0.5) is 10.5 Å². The number of carbonyl (C=O) groups is 2. The molecule has 1 aromatic carbocycles. The highest BCUT2D eigenvalue weighted by Crippen LogP contribution is 2.24. The first-order valence-electron chi connectivity index (χ1n) is 6.45. The number of thioether (sulfide) groups is 1. The van der Waals surface area contributed by atoms with Crippen LogP contribution in [0.25, 0.3) is 0 Å². The number of carboxylic acid groups (broad SMARTS) is 1. The zero-order valence-electron chi connectivity index (χ0n) is 11.7. The van der Waals surface area contributed by atoms with E-state index in [1.165, 1.54) is 0 Å². The lowest BCUT2D eigenvalue weighted by atomic mass is 10.1. The molecule has 0 aliphatic heterocycles. The van der Waals surface area contributed by atoms with Crippen LogP contribution in [0.15, 0.2) is 29.2 Å². The van der Waals surface area contributed by atoms with Crippen molar-refractivity contribution in [2.75, 3.05) is 11.6 Å². The second-order valence-electron chi connectivity index (χ2n) is 4.49. The van der Waals surface area contributed by atoms with Gasteiger partial charge in [0.05, 0.1) is 5.69 Å². The molecule has 0 spiro atoms. The molecule has 20 heavy (non-hydrogen) atoms. The van der Waals surface area contributed by atoms with Gasteiger partial charge >= 0.3 is 12.0 Å². The van der Waals surface area contributed by atoms with Crippen LogP contribution >= 0.6 is 11.8 Å². The van der Waals surface area contributed by atoms with Crippen molar-refractivity contribution in [1.82, 2.24) is 5.32 Å². The minimum atomic E-state index is -0.810. The second kappa shape index (κ2) is 8.47. The van der Waals surface area contributed by atoms with Crippen LogP contribution in [0.1, 0.15) is 26.2 Å². The fraction of sp³-hybridized carbons (Fsp3) is 0.429. The van der Waals surface area contributed by atoms with Crippen LogP contribution in [-0.2, 0) is 4.79 Å². The highest BCUT2D eigenvalue weighted by Gasteiger charge is 2.09. The average Bonchev–Trinajstić information content (AvgIpc) is 2.38. The number of hydrogen-bond acceptors (Lipinski definition) is 3. The molecular weight excluding hydrogens is 276 g/mol. The van der Waals surface area contributed by atoms with E-state index in [1.807, 2.05) is 37.4 Å². The van der Waals surface area contributed by atoms with Crippen LogP contribution in [0, 0.1) is 0 Å². The monoisotopic (exact) mass is 296 g/mol. The van der Waals surface area contributed by atoms with Gasteiger partial charge in [0.15, 0.2) is 0 Å². The van der Waals surface area contributed by atoms with Gasteiger partial charge in [0.1, 0.15) is 0 Å². The topological polar surface area (TPSA) is 78.4 Å². The number of aliphatic carboxylic acids is 1. The van der Waals surface area contributed by atoms with Crippen LogP contribution in [0.3, 0.4) is 0 Å². The Morgan fingerprint density at radius 2 is 2.05 bits per heavy atom. The van der Waals surface area contributed by atoms with E-state index < -0.39 is 5.97 Å². The van der Waals surface area contributed by atoms with Crippen LogP contribution < -0.4 is 10.6 Å². The van der Waals surface area contributed by atoms with Gasteiger partial charge in [-0.1, -0.05) is 12.1 Å². The van der Waals surface area contributed by atoms with Crippen molar-refractivity contribution >= 4 is 29.4 Å². The van der Waals surface area contributed by atoms with Gasteiger partial charge in [0, 0.05) is 17.4 Å². The zero-order valence-corrected chi connectivity index (χ0v) is 12.5. The summed E-state index contributed by atoms with van der Waals surface area (Å²) in [6.45, 7) is 1.86. The lowest BCUT2D eigenvalue weighted by Gasteiger charge is -2.15. The van der Waals surface area contributed by atoms with E-state index >= 15 is 0 Å². The SMILES string of the molecule is CSc1ccccc1NC(=O)NC(C)CCCC(=O)O. The minimum absolute atomic E-state index is 0.0595. The maximum absolute atomic E-state index is 11.8. The van der Waals surface area contributed by atoms with E-state index in [2.05, 4.69) is 10.6 Å². The molecule has 1 rings (SSSR count). The minimum Gasteiger partial charge on any atom is -0.481 e. The molecule has 0 aliphatic carbocycles. The Balaban J connectivity index is 2.41. The van der Waals surface area contributed by atoms with Gasteiger partial charge in [-0.25, -0.2) is 4.79 Å². The van der Waals surface area contributed by atoms with Crippen LogP contribution in [0.2, 0.25) is 0 Å². The Kier molecular flexibility index (Phi) is 6.93. The third-order valence-corrected chi connectivity index (χ3v) is 3.56. The maximum Gasteiger partial charge on any atom is 0.319 e. The molecule has 0 heterocycles. The van der Waals surface area contributed by atoms with E-state index in [9.17, 15) is 9.59 Å². The largest absolute Gasteiger partial charge is 0.481 e. The predicted molar refractivity (Wildman–Crippen MR) is 81.3 cm³/mol. The zero-order chi connectivity index (χ0) is 15.0. The number of amides is 2. The molecule has 0 fully saturated rings. The standard InChI is InChI=1S/C14H20N2O3S/c1-10(6-5-9-13(17)18)15-14(19)16-11-7-3-4-8-12(11)20-2/h3-4,7-8,10H,5-6,9H2,1-2H3,(H,17,18)(H2,15,16,19). The summed E-state index contributed by atoms with van der Waals surface area (Å²) in [5, 5.41) is 14.2. The normalized spacial score (nSPS) is 11.7. The summed E-state index contributed by atoms with van der Waals surface area (Å²) in [6.07, 6.45) is 3.28. The molecule has 110 valence electrons. The van der Waals surface area contributed by atoms with E-state index in [0.717, 1.165) is 10.6 Å². The average molecular weight is 296 g/mol. The lowest BCUT2D eigenvalue weighted by molar-refractivity contribution is -0.137. The highest BCUT2D eigenvalue weighted by molar-refractivity contribution is 7.98. The third kappa shape index (κ3) is 5.97. The molecule has 0 saturated carbocycles. The van der Waals surface area contributed by atoms with Crippen molar-refractivity contribution in [3.05, 3.63) is 24.3 Å². The molecule has 0 bridgehead atoms. The van der Waals surface area contributed by atoms with Crippen molar-refractivity contribution in [3.63, 3.8) is 0 Å². The summed E-state index contributed by atoms with van der Waals surface area (Å²) in [5.74, 6) is -0.810. The lowest BCUT2D eigenvalue weighted by Crippen LogP contribution is -2.36. The first-order valence-corrected chi connectivity index (χ1v) is 7.67. The maximum atomic E-state index is 11.8. The number of anilines is 1. The quantitative estimate of drug-likeness (QED) is 0.675. The Labute approximate surface area is 123 Å². The first-order chi connectivity index (χ1) is 9.52. The number of benzene rings is 1. The summed E-state index contributed by atoms with van der Waals surface area (Å²) >= 11 is 1.57. The highest BCUT2D eigenvalue weighted by atomic mass is 32.2. The van der Waals surface area contributed by atoms with E-state index in [1.54, 1.807) is 11.8 Å². The fourth-order valence-corrected chi connectivity index (χ4v) is 2.32. The number of rotatable bonds is 7. The summed E-state index contributed by atoms with van der Waals surface area (Å²) in [5.41, 5.74) is 0.773. The summed E-state index contributed by atoms with van der Waals surface area (Å²) in [7, 11) is 0. The number of urea groups is 1. The van der Waals surface area contributed by atoms with Gasteiger partial charge in [0.25, 0.3) is 0 Å². The molecular formula is C14H20N2O3S. The molecule has 2 amide bonds. The molecule has 1 unspecified atom stereocenters. The Bertz CT molecular complexity index is 465.